The van der Waals surface area contributed by atoms with Crippen LogP contribution in [0.3, 0.4) is 0 Å². The molecule has 2 aliphatic rings. The molecule has 0 amide bonds. The van der Waals surface area contributed by atoms with Gasteiger partial charge in [0.15, 0.2) is 0 Å². The summed E-state index contributed by atoms with van der Waals surface area (Å²) < 4.78 is 29.6. The minimum Gasteiger partial charge on any atom is -0.265 e. The van der Waals surface area contributed by atoms with Gasteiger partial charge in [-0.1, -0.05) is 36.4 Å². The number of fused-ring (bicyclic) bond motifs is 2. The van der Waals surface area contributed by atoms with Gasteiger partial charge in [0.25, 0.3) is 10.0 Å². The molecule has 1 spiro atoms. The number of nitrogens with zero attached hydrogens (tertiary/aromatic N) is 3. The second-order valence-electron chi connectivity index (χ2n) is 6.77. The molecule has 1 fully saturated rings. The average Bonchev–Trinajstić information content (AvgIpc) is 3.10. The molecule has 0 N–H and O–H groups in total. The highest BCUT2D eigenvalue weighted by atomic mass is 32.2. The molecule has 0 radical (unpaired) electrons. The zero-order valence-corrected chi connectivity index (χ0v) is 14.4. The van der Waals surface area contributed by atoms with E-state index in [4.69, 9.17) is 0 Å². The van der Waals surface area contributed by atoms with Gasteiger partial charge in [-0.25, -0.2) is 13.1 Å². The summed E-state index contributed by atoms with van der Waals surface area (Å²) in [5.41, 5.74) is 2.84. The van der Waals surface area contributed by atoms with E-state index in [1.54, 1.807) is 15.2 Å². The number of rotatable bonds is 3. The maximum atomic E-state index is 13.2. The zero-order valence-electron chi connectivity index (χ0n) is 13.5. The van der Waals surface area contributed by atoms with Crippen LogP contribution in [0.1, 0.15) is 18.4 Å². The summed E-state index contributed by atoms with van der Waals surface area (Å²) in [4.78, 5) is 0.226. The van der Waals surface area contributed by atoms with E-state index < -0.39 is 10.0 Å². The van der Waals surface area contributed by atoms with Crippen molar-refractivity contribution in [2.24, 2.45) is 0 Å². The van der Waals surface area contributed by atoms with Crippen molar-refractivity contribution >= 4 is 15.7 Å². The molecule has 0 atom stereocenters. The van der Waals surface area contributed by atoms with E-state index in [-0.39, 0.29) is 10.3 Å². The zero-order chi connectivity index (χ0) is 17.1. The molecule has 2 heterocycles. The minimum absolute atomic E-state index is 0.0269. The Balaban J connectivity index is 1.56. The number of hydrogen-bond donors (Lipinski definition) is 0. The van der Waals surface area contributed by atoms with E-state index in [2.05, 4.69) is 11.2 Å². The Morgan fingerprint density at radius 3 is 2.44 bits per heavy atom. The van der Waals surface area contributed by atoms with Crippen molar-refractivity contribution in [3.05, 3.63) is 72.6 Å². The Morgan fingerprint density at radius 2 is 1.68 bits per heavy atom. The highest BCUT2D eigenvalue weighted by Gasteiger charge is 2.54. The topological polar surface area (TPSA) is 55.2 Å². The summed E-state index contributed by atoms with van der Waals surface area (Å²) in [7, 11) is -3.62. The van der Waals surface area contributed by atoms with Gasteiger partial charge in [0.1, 0.15) is 4.90 Å². The van der Waals surface area contributed by atoms with E-state index in [1.807, 2.05) is 48.5 Å². The molecular formula is C19H17N3O2S. The maximum absolute atomic E-state index is 13.2. The SMILES string of the molecule is O=S(=O)(c1cnn(-c2ccccc2)c1)N1CC2(CC2)c2ccccc21. The number of anilines is 1. The van der Waals surface area contributed by atoms with Crippen LogP contribution < -0.4 is 4.31 Å². The summed E-state index contributed by atoms with van der Waals surface area (Å²) in [5.74, 6) is 0. The first-order chi connectivity index (χ1) is 12.1. The molecular weight excluding hydrogens is 334 g/mol. The largest absolute Gasteiger partial charge is 0.267 e. The maximum Gasteiger partial charge on any atom is 0.267 e. The van der Waals surface area contributed by atoms with E-state index in [0.717, 1.165) is 29.8 Å². The van der Waals surface area contributed by atoms with Crippen molar-refractivity contribution in [2.45, 2.75) is 23.2 Å². The van der Waals surface area contributed by atoms with Crippen molar-refractivity contribution in [3.63, 3.8) is 0 Å². The standard InChI is InChI=1S/C19H17N3O2S/c23-25(24,16-12-20-21(13-16)15-6-2-1-3-7-15)22-14-19(10-11-19)17-8-4-5-9-18(17)22/h1-9,12-13H,10-11,14H2. The normalized spacial score (nSPS) is 17.7. The number of sulfonamides is 1. The first-order valence-corrected chi connectivity index (χ1v) is 9.77. The molecule has 2 aromatic carbocycles. The molecule has 1 aliphatic heterocycles. The van der Waals surface area contributed by atoms with Crippen LogP contribution in [0.5, 0.6) is 0 Å². The first-order valence-electron chi connectivity index (χ1n) is 8.33. The lowest BCUT2D eigenvalue weighted by Gasteiger charge is -2.18. The summed E-state index contributed by atoms with van der Waals surface area (Å²) in [6.07, 6.45) is 5.13. The Morgan fingerprint density at radius 1 is 0.960 bits per heavy atom. The molecule has 5 rings (SSSR count). The Bertz CT molecular complexity index is 1050. The number of para-hydroxylation sites is 2. The van der Waals surface area contributed by atoms with Crippen LogP contribution in [0.2, 0.25) is 0 Å². The number of aromatic nitrogens is 2. The molecule has 5 nitrogen and oxygen atoms in total. The summed E-state index contributed by atoms with van der Waals surface area (Å²) in [5, 5.41) is 4.24. The molecule has 3 aromatic rings. The average molecular weight is 351 g/mol. The predicted octanol–water partition coefficient (Wildman–Crippen LogP) is 3.11. The number of hydrogen-bond acceptors (Lipinski definition) is 3. The van der Waals surface area contributed by atoms with Gasteiger partial charge in [-0.05, 0) is 36.6 Å². The fourth-order valence-corrected chi connectivity index (χ4v) is 5.17. The fourth-order valence-electron chi connectivity index (χ4n) is 3.67. The van der Waals surface area contributed by atoms with Gasteiger partial charge in [-0.2, -0.15) is 5.10 Å². The summed E-state index contributed by atoms with van der Waals surface area (Å²) >= 11 is 0. The molecule has 6 heteroatoms. The van der Waals surface area contributed by atoms with Crippen LogP contribution in [0.4, 0.5) is 5.69 Å². The monoisotopic (exact) mass is 351 g/mol. The van der Waals surface area contributed by atoms with E-state index in [9.17, 15) is 8.42 Å². The van der Waals surface area contributed by atoms with Crippen LogP contribution >= 0.6 is 0 Å². The molecule has 0 saturated heterocycles. The third kappa shape index (κ3) is 2.14. The Kier molecular flexibility index (Phi) is 2.92. The van der Waals surface area contributed by atoms with Crippen LogP contribution in [0.15, 0.2) is 71.9 Å². The lowest BCUT2D eigenvalue weighted by Crippen LogP contribution is -2.31. The van der Waals surface area contributed by atoms with Gasteiger partial charge in [0, 0.05) is 12.0 Å². The van der Waals surface area contributed by atoms with Gasteiger partial charge in [0.2, 0.25) is 0 Å². The van der Waals surface area contributed by atoms with Crippen LogP contribution in [0, 0.1) is 0 Å². The molecule has 0 bridgehead atoms. The van der Waals surface area contributed by atoms with Crippen molar-refractivity contribution < 1.29 is 8.42 Å². The molecule has 1 aromatic heterocycles. The molecule has 1 saturated carbocycles. The van der Waals surface area contributed by atoms with Crippen LogP contribution in [-0.2, 0) is 15.4 Å². The van der Waals surface area contributed by atoms with Crippen molar-refractivity contribution in [2.75, 3.05) is 10.8 Å². The van der Waals surface area contributed by atoms with Gasteiger partial charge in [-0.15, -0.1) is 0 Å². The second-order valence-corrected chi connectivity index (χ2v) is 8.63. The van der Waals surface area contributed by atoms with Gasteiger partial charge >= 0.3 is 0 Å². The van der Waals surface area contributed by atoms with Crippen LogP contribution in [0.25, 0.3) is 5.69 Å². The quantitative estimate of drug-likeness (QED) is 0.728. The molecule has 126 valence electrons. The van der Waals surface area contributed by atoms with Crippen LogP contribution in [-0.4, -0.2) is 24.7 Å². The van der Waals surface area contributed by atoms with E-state index >= 15 is 0 Å². The molecule has 25 heavy (non-hydrogen) atoms. The Hall–Kier alpha value is -2.60. The summed E-state index contributed by atoms with van der Waals surface area (Å²) in [6, 6.07) is 17.4. The fraction of sp³-hybridized carbons (Fsp3) is 0.211. The third-order valence-corrected chi connectivity index (χ3v) is 6.92. The third-order valence-electron chi connectivity index (χ3n) is 5.21. The lowest BCUT2D eigenvalue weighted by molar-refractivity contribution is 0.588. The Labute approximate surface area is 146 Å². The molecule has 0 unspecified atom stereocenters. The van der Waals surface area contributed by atoms with Crippen molar-refractivity contribution in [1.82, 2.24) is 9.78 Å². The smallest absolute Gasteiger partial charge is 0.265 e. The van der Waals surface area contributed by atoms with Gasteiger partial charge in [0.05, 0.1) is 23.8 Å². The number of benzene rings is 2. The van der Waals surface area contributed by atoms with Crippen molar-refractivity contribution in [3.8, 4) is 5.69 Å². The minimum atomic E-state index is -3.62. The first kappa shape index (κ1) is 14.7. The molecule has 1 aliphatic carbocycles. The second kappa shape index (κ2) is 4.95. The van der Waals surface area contributed by atoms with E-state index in [0.29, 0.717) is 6.54 Å². The highest BCUT2D eigenvalue weighted by molar-refractivity contribution is 7.92. The highest BCUT2D eigenvalue weighted by Crippen LogP contribution is 2.57. The van der Waals surface area contributed by atoms with Gasteiger partial charge in [-0.3, -0.25) is 4.31 Å². The summed E-state index contributed by atoms with van der Waals surface area (Å²) in [6.45, 7) is 0.533. The lowest BCUT2D eigenvalue weighted by atomic mass is 9.99. The van der Waals surface area contributed by atoms with Gasteiger partial charge < -0.3 is 0 Å². The van der Waals surface area contributed by atoms with Crippen molar-refractivity contribution in [1.29, 1.82) is 0 Å². The van der Waals surface area contributed by atoms with E-state index in [1.165, 1.54) is 6.20 Å². The predicted molar refractivity (Wildman–Crippen MR) is 95.4 cm³/mol.